The topological polar surface area (TPSA) is 71.1 Å². The summed E-state index contributed by atoms with van der Waals surface area (Å²) in [6.07, 6.45) is 0.263. The largest absolute Gasteiger partial charge is 0.491 e. The van der Waals surface area contributed by atoms with Gasteiger partial charge < -0.3 is 18.9 Å². The molecule has 3 rings (SSSR count). The molecule has 28 heavy (non-hydrogen) atoms. The predicted octanol–water partition coefficient (Wildman–Crippen LogP) is 4.87. The molecule has 0 unspecified atom stereocenters. The van der Waals surface area contributed by atoms with Crippen LogP contribution in [0.3, 0.4) is 0 Å². The van der Waals surface area contributed by atoms with Gasteiger partial charge in [0.05, 0.1) is 23.6 Å². The number of methoxy groups -OCH3 is 2. The van der Waals surface area contributed by atoms with Gasteiger partial charge in [-0.1, -0.05) is 13.5 Å². The van der Waals surface area contributed by atoms with Crippen LogP contribution in [0.5, 0.6) is 23.0 Å². The highest BCUT2D eigenvalue weighted by Gasteiger charge is 2.21. The molecule has 0 aliphatic heterocycles. The van der Waals surface area contributed by atoms with Gasteiger partial charge in [0.25, 0.3) is 0 Å². The molecule has 146 valence electrons. The zero-order chi connectivity index (χ0) is 20.4. The highest BCUT2D eigenvalue weighted by atomic mass is 32.1. The lowest BCUT2D eigenvalue weighted by molar-refractivity contribution is -0.134. The maximum Gasteiger partial charge on any atom is 0.338 e. The van der Waals surface area contributed by atoms with E-state index in [1.54, 1.807) is 26.0 Å². The Hall–Kier alpha value is -3.06. The maximum absolute atomic E-state index is 11.9. The molecule has 0 atom stereocenters. The van der Waals surface area contributed by atoms with Crippen LogP contribution < -0.4 is 18.9 Å². The molecule has 0 fully saturated rings. The van der Waals surface area contributed by atoms with E-state index >= 15 is 0 Å². The van der Waals surface area contributed by atoms with E-state index in [2.05, 4.69) is 6.58 Å². The normalized spacial score (nSPS) is 10.7. The van der Waals surface area contributed by atoms with E-state index in [9.17, 15) is 9.59 Å². The fraction of sp³-hybridized carbons (Fsp3) is 0.238. The third kappa shape index (κ3) is 3.41. The first-order chi connectivity index (χ1) is 13.4. The molecule has 2 aromatic carbocycles. The summed E-state index contributed by atoms with van der Waals surface area (Å²) < 4.78 is 23.4. The Balaban J connectivity index is 2.21. The van der Waals surface area contributed by atoms with Crippen LogP contribution in [0.25, 0.3) is 20.2 Å². The smallest absolute Gasteiger partial charge is 0.338 e. The van der Waals surface area contributed by atoms with E-state index in [-0.39, 0.29) is 12.4 Å². The molecule has 0 saturated carbocycles. The van der Waals surface area contributed by atoms with Crippen molar-refractivity contribution < 1.29 is 28.5 Å². The van der Waals surface area contributed by atoms with Crippen molar-refractivity contribution in [3.05, 3.63) is 36.4 Å². The van der Waals surface area contributed by atoms with E-state index in [0.29, 0.717) is 28.6 Å². The first-order valence-electron chi connectivity index (χ1n) is 8.59. The highest BCUT2D eigenvalue weighted by molar-refractivity contribution is 7.26. The molecule has 0 saturated heterocycles. The Morgan fingerprint density at radius 3 is 1.86 bits per heavy atom. The Kier molecular flexibility index (Phi) is 5.56. The summed E-state index contributed by atoms with van der Waals surface area (Å²) in [4.78, 5) is 23.6. The number of esters is 2. The van der Waals surface area contributed by atoms with Crippen molar-refractivity contribution >= 4 is 43.4 Å². The van der Waals surface area contributed by atoms with Crippen LogP contribution in [0.4, 0.5) is 0 Å². The van der Waals surface area contributed by atoms with E-state index in [1.807, 2.05) is 12.1 Å². The van der Waals surface area contributed by atoms with E-state index in [4.69, 9.17) is 18.9 Å². The fourth-order valence-electron chi connectivity index (χ4n) is 2.75. The molecule has 0 aliphatic rings. The minimum Gasteiger partial charge on any atom is -0.491 e. The first kappa shape index (κ1) is 19.7. The Morgan fingerprint density at radius 1 is 0.929 bits per heavy atom. The molecule has 3 aromatic rings. The molecule has 7 heteroatoms. The molecule has 1 heterocycles. The quantitative estimate of drug-likeness (QED) is 0.334. The Morgan fingerprint density at radius 2 is 1.43 bits per heavy atom. The summed E-state index contributed by atoms with van der Waals surface area (Å²) in [5.41, 5.74) is 0.294. The Labute approximate surface area is 166 Å². The highest BCUT2D eigenvalue weighted by Crippen LogP contribution is 2.49. The van der Waals surface area contributed by atoms with Gasteiger partial charge in [-0.05, 0) is 31.2 Å². The van der Waals surface area contributed by atoms with E-state index < -0.39 is 5.97 Å². The van der Waals surface area contributed by atoms with Crippen molar-refractivity contribution in [1.82, 2.24) is 0 Å². The van der Waals surface area contributed by atoms with Crippen LogP contribution >= 0.6 is 11.3 Å². The summed E-state index contributed by atoms with van der Waals surface area (Å²) in [7, 11) is 3.04. The molecule has 6 nitrogen and oxygen atoms in total. The van der Waals surface area contributed by atoms with E-state index in [1.165, 1.54) is 25.6 Å². The third-order valence-corrected chi connectivity index (χ3v) is 5.34. The predicted molar refractivity (Wildman–Crippen MR) is 109 cm³/mol. The summed E-state index contributed by atoms with van der Waals surface area (Å²) in [6.45, 7) is 6.90. The minimum atomic E-state index is -0.523. The minimum absolute atomic E-state index is 0.263. The number of thiophene rings is 1. The lowest BCUT2D eigenvalue weighted by Crippen LogP contribution is -2.08. The van der Waals surface area contributed by atoms with Gasteiger partial charge in [-0.15, -0.1) is 11.3 Å². The third-order valence-electron chi connectivity index (χ3n) is 4.12. The van der Waals surface area contributed by atoms with Gasteiger partial charge in [-0.25, -0.2) is 4.79 Å². The number of carbonyl (C=O) groups excluding carboxylic acids is 2. The molecule has 0 radical (unpaired) electrons. The lowest BCUT2D eigenvalue weighted by atomic mass is 10.1. The average molecular weight is 400 g/mol. The van der Waals surface area contributed by atoms with Crippen molar-refractivity contribution in [3.63, 3.8) is 0 Å². The van der Waals surface area contributed by atoms with Gasteiger partial charge in [0.1, 0.15) is 0 Å². The number of carbonyl (C=O) groups is 2. The number of rotatable bonds is 6. The van der Waals surface area contributed by atoms with Crippen LogP contribution in [0.15, 0.2) is 36.4 Å². The molecular formula is C21H20O6S. The molecular weight excluding hydrogens is 380 g/mol. The summed E-state index contributed by atoms with van der Waals surface area (Å²) in [5.74, 6) is 0.730. The van der Waals surface area contributed by atoms with Crippen LogP contribution in [-0.2, 0) is 9.59 Å². The van der Waals surface area contributed by atoms with Gasteiger partial charge in [0, 0.05) is 22.8 Å². The van der Waals surface area contributed by atoms with Gasteiger partial charge in [0.15, 0.2) is 23.0 Å². The van der Waals surface area contributed by atoms with Crippen molar-refractivity contribution in [2.24, 2.45) is 0 Å². The SMILES string of the molecule is C=C(C)C(=O)Oc1ccc2c(sc3c(OC)c(OC(=O)CC)ccc32)c1OC. The fourth-order valence-corrected chi connectivity index (χ4v) is 4.08. The van der Waals surface area contributed by atoms with Gasteiger partial charge in [0.2, 0.25) is 0 Å². The van der Waals surface area contributed by atoms with Gasteiger partial charge >= 0.3 is 11.9 Å². The zero-order valence-electron chi connectivity index (χ0n) is 16.1. The summed E-state index contributed by atoms with van der Waals surface area (Å²) >= 11 is 1.41. The van der Waals surface area contributed by atoms with Crippen molar-refractivity contribution in [1.29, 1.82) is 0 Å². The van der Waals surface area contributed by atoms with Crippen LogP contribution in [-0.4, -0.2) is 26.2 Å². The summed E-state index contributed by atoms with van der Waals surface area (Å²) in [6, 6.07) is 7.12. The number of hydrogen-bond donors (Lipinski definition) is 0. The van der Waals surface area contributed by atoms with Crippen LogP contribution in [0.1, 0.15) is 20.3 Å². The van der Waals surface area contributed by atoms with Crippen molar-refractivity contribution in [2.45, 2.75) is 20.3 Å². The van der Waals surface area contributed by atoms with Crippen molar-refractivity contribution in [2.75, 3.05) is 14.2 Å². The van der Waals surface area contributed by atoms with Crippen LogP contribution in [0.2, 0.25) is 0 Å². The zero-order valence-corrected chi connectivity index (χ0v) is 16.9. The number of hydrogen-bond acceptors (Lipinski definition) is 7. The molecule has 0 amide bonds. The second-order valence-corrected chi connectivity index (χ2v) is 7.07. The number of fused-ring (bicyclic) bond motifs is 3. The van der Waals surface area contributed by atoms with E-state index in [0.717, 1.165) is 20.2 Å². The molecule has 0 spiro atoms. The maximum atomic E-state index is 11.9. The Bertz CT molecular complexity index is 1100. The van der Waals surface area contributed by atoms with Crippen LogP contribution in [0, 0.1) is 0 Å². The number of ether oxygens (including phenoxy) is 4. The molecule has 1 aromatic heterocycles. The molecule has 0 N–H and O–H groups in total. The van der Waals surface area contributed by atoms with Gasteiger partial charge in [-0.3, -0.25) is 4.79 Å². The average Bonchev–Trinajstić information content (AvgIpc) is 3.05. The number of benzene rings is 2. The molecule has 0 bridgehead atoms. The monoisotopic (exact) mass is 400 g/mol. The lowest BCUT2D eigenvalue weighted by Gasteiger charge is -2.10. The standard InChI is InChI=1S/C21H20O6S/c1-6-16(22)26-14-9-7-12-13-8-10-15(27-21(23)11(2)3)18(25-5)20(13)28-19(12)17(14)24-4/h7-10H,2,6H2,1,3-5H3. The first-order valence-corrected chi connectivity index (χ1v) is 9.41. The molecule has 0 aliphatic carbocycles. The summed E-state index contributed by atoms with van der Waals surface area (Å²) in [5, 5.41) is 1.84. The van der Waals surface area contributed by atoms with Gasteiger partial charge in [-0.2, -0.15) is 0 Å². The van der Waals surface area contributed by atoms with Crippen molar-refractivity contribution in [3.8, 4) is 23.0 Å². The second-order valence-electron chi connectivity index (χ2n) is 6.05. The second kappa shape index (κ2) is 7.90.